The van der Waals surface area contributed by atoms with Gasteiger partial charge in [-0.1, -0.05) is 66.2 Å². The van der Waals surface area contributed by atoms with Crippen LogP contribution in [-0.4, -0.2) is 72.5 Å². The van der Waals surface area contributed by atoms with Gasteiger partial charge in [-0.25, -0.2) is 0 Å². The van der Waals surface area contributed by atoms with Crippen LogP contribution in [0.25, 0.3) is 0 Å². The van der Waals surface area contributed by atoms with Crippen molar-refractivity contribution in [2.24, 2.45) is 11.8 Å². The van der Waals surface area contributed by atoms with Crippen LogP contribution in [0.2, 0.25) is 0 Å². The molecule has 3 unspecified atom stereocenters. The van der Waals surface area contributed by atoms with Crippen LogP contribution in [0.15, 0.2) is 0 Å². The summed E-state index contributed by atoms with van der Waals surface area (Å²) in [6.07, 6.45) is 6.43. The monoisotopic (exact) mass is 649 g/mol. The zero-order valence-corrected chi connectivity index (χ0v) is 30.8. The fourth-order valence-corrected chi connectivity index (χ4v) is 4.99. The molecule has 1 heterocycles. The van der Waals surface area contributed by atoms with E-state index in [0.717, 1.165) is 51.4 Å². The topological polar surface area (TPSA) is 199 Å². The van der Waals surface area contributed by atoms with Gasteiger partial charge in [-0.3, -0.25) is 28.3 Å². The molecule has 2 amide bonds. The van der Waals surface area contributed by atoms with Crippen LogP contribution in [0.1, 0.15) is 101 Å². The molecule has 1 aliphatic heterocycles. The number of nitrogens with zero attached hydrogens (tertiary/aromatic N) is 1. The third-order valence-electron chi connectivity index (χ3n) is 6.24. The zero-order chi connectivity index (χ0) is 30.2. The predicted octanol–water partition coefficient (Wildman–Crippen LogP) is -2.68. The van der Waals surface area contributed by atoms with Crippen molar-refractivity contribution in [2.75, 3.05) is 13.2 Å². The van der Waals surface area contributed by atoms with Crippen molar-refractivity contribution in [3.8, 4) is 0 Å². The molecule has 1 saturated heterocycles. The maximum absolute atomic E-state index is 12.2. The number of ether oxygens (including phenoxy) is 2. The van der Waals surface area contributed by atoms with E-state index in [0.29, 0.717) is 0 Å². The van der Waals surface area contributed by atoms with Gasteiger partial charge in [0.05, 0.1) is 19.6 Å². The van der Waals surface area contributed by atoms with E-state index in [1.807, 2.05) is 13.8 Å². The molecule has 1 rings (SSSR count). The first-order valence-electron chi connectivity index (χ1n) is 13.2. The van der Waals surface area contributed by atoms with E-state index in [1.54, 1.807) is 0 Å². The van der Waals surface area contributed by atoms with E-state index in [2.05, 4.69) is 13.8 Å². The first-order chi connectivity index (χ1) is 18.1. The SMILES string of the molecule is CCCCC(CC)COC(=O)CC(C(=O)OCC(CC)CCCC)S(=O)(=O)O.O=C1CCC(=O)N1S(=O)(=O)O.[H-].[H-].[Na+].[Na+]. The Morgan fingerprint density at radius 2 is 1.24 bits per heavy atom. The molecule has 1 fully saturated rings. The number of hydrogen-bond donors (Lipinski definition) is 2. The van der Waals surface area contributed by atoms with Crippen LogP contribution < -0.4 is 59.1 Å². The number of imide groups is 1. The number of amides is 2. The summed E-state index contributed by atoms with van der Waals surface area (Å²) in [5, 5.41) is -1.95. The van der Waals surface area contributed by atoms with Crippen LogP contribution in [0.5, 0.6) is 0 Å². The van der Waals surface area contributed by atoms with Gasteiger partial charge in [-0.15, -0.1) is 0 Å². The summed E-state index contributed by atoms with van der Waals surface area (Å²) < 4.78 is 71.5. The summed E-state index contributed by atoms with van der Waals surface area (Å²) >= 11 is 0. The largest absolute Gasteiger partial charge is 1.00 e. The molecule has 0 aromatic heterocycles. The van der Waals surface area contributed by atoms with E-state index in [9.17, 15) is 40.6 Å². The van der Waals surface area contributed by atoms with E-state index in [1.165, 1.54) is 0 Å². The molecule has 3 atom stereocenters. The molecule has 0 aromatic rings. The summed E-state index contributed by atoms with van der Waals surface area (Å²) in [5.74, 6) is -3.36. The molecule has 0 aromatic carbocycles. The minimum absolute atomic E-state index is 0. The Morgan fingerprint density at radius 3 is 1.56 bits per heavy atom. The predicted molar refractivity (Wildman–Crippen MR) is 143 cm³/mol. The summed E-state index contributed by atoms with van der Waals surface area (Å²) in [7, 11) is -9.43. The molecule has 41 heavy (non-hydrogen) atoms. The minimum atomic E-state index is -4.76. The zero-order valence-electron chi connectivity index (χ0n) is 27.2. The summed E-state index contributed by atoms with van der Waals surface area (Å²) in [6.45, 7) is 8.35. The Morgan fingerprint density at radius 1 is 0.829 bits per heavy atom. The molecule has 2 N–H and O–H groups in total. The van der Waals surface area contributed by atoms with Crippen LogP contribution >= 0.6 is 0 Å². The van der Waals surface area contributed by atoms with Crippen molar-refractivity contribution in [3.63, 3.8) is 0 Å². The van der Waals surface area contributed by atoms with Crippen molar-refractivity contribution in [2.45, 2.75) is 104 Å². The first kappa shape index (κ1) is 45.3. The standard InChI is InChI=1S/C20H38O7S.C4H5NO5S.2Na.2H/c1-5-9-11-16(7-3)14-26-19(21)13-18(28(23,24)25)20(22)27-15-17(8-4)12-10-6-2;6-3-1-2-4(7)5(3)11(8,9)10;;;;/h16-18H,5-15H2,1-4H3,(H,23,24,25);1-2H2,(H,8,9,10);;;;/q;;2*+1;2*-1. The Labute approximate surface area is 291 Å². The Balaban J connectivity index is -0.000000272. The average molecular weight is 650 g/mol. The van der Waals surface area contributed by atoms with Crippen molar-refractivity contribution >= 4 is 44.2 Å². The molecule has 0 aliphatic carbocycles. The summed E-state index contributed by atoms with van der Waals surface area (Å²) in [5.41, 5.74) is 0. The van der Waals surface area contributed by atoms with Crippen molar-refractivity contribution in [3.05, 3.63) is 0 Å². The maximum Gasteiger partial charge on any atom is 1.00 e. The molecule has 0 saturated carbocycles. The van der Waals surface area contributed by atoms with Gasteiger partial charge in [0.15, 0.2) is 5.25 Å². The number of carbonyl (C=O) groups is 4. The fraction of sp³-hybridized carbons (Fsp3) is 0.833. The third kappa shape index (κ3) is 19.0. The van der Waals surface area contributed by atoms with Gasteiger partial charge >= 0.3 is 81.4 Å². The molecular formula is C24H45NNa2O12S2. The van der Waals surface area contributed by atoms with Crippen molar-refractivity contribution < 1.29 is 117 Å². The number of esters is 2. The smallest absolute Gasteiger partial charge is 1.00 e. The van der Waals surface area contributed by atoms with E-state index in [-0.39, 0.29) is 104 Å². The molecule has 0 radical (unpaired) electrons. The Hall–Kier alpha value is -0.1000. The number of rotatable bonds is 17. The molecule has 0 spiro atoms. The van der Waals surface area contributed by atoms with Gasteiger partial charge in [0.1, 0.15) is 0 Å². The minimum Gasteiger partial charge on any atom is -1.00 e. The summed E-state index contributed by atoms with van der Waals surface area (Å²) in [6, 6.07) is 0. The van der Waals surface area contributed by atoms with Gasteiger partial charge in [-0.2, -0.15) is 21.1 Å². The second kappa shape index (κ2) is 23.3. The molecule has 17 heteroatoms. The number of unbranched alkanes of at least 4 members (excludes halogenated alkanes) is 2. The van der Waals surface area contributed by atoms with E-state index >= 15 is 0 Å². The van der Waals surface area contributed by atoms with Crippen LogP contribution in [0.3, 0.4) is 0 Å². The van der Waals surface area contributed by atoms with Crippen LogP contribution in [0, 0.1) is 11.8 Å². The maximum atomic E-state index is 12.2. The van der Waals surface area contributed by atoms with Gasteiger partial charge in [0, 0.05) is 12.8 Å². The van der Waals surface area contributed by atoms with Gasteiger partial charge < -0.3 is 12.3 Å². The van der Waals surface area contributed by atoms with Gasteiger partial charge in [0.2, 0.25) is 11.8 Å². The molecule has 13 nitrogen and oxygen atoms in total. The Kier molecular flexibility index (Phi) is 25.8. The first-order valence-corrected chi connectivity index (χ1v) is 16.1. The number of carbonyl (C=O) groups excluding carboxylic acids is 4. The average Bonchev–Trinajstić information content (AvgIpc) is 3.20. The Bertz CT molecular complexity index is 1020. The second-order valence-electron chi connectivity index (χ2n) is 9.38. The molecule has 1 aliphatic rings. The van der Waals surface area contributed by atoms with Crippen LogP contribution in [0.4, 0.5) is 0 Å². The van der Waals surface area contributed by atoms with Crippen LogP contribution in [-0.2, 0) is 49.1 Å². The quantitative estimate of drug-likeness (QED) is 0.0718. The normalized spacial score (nSPS) is 15.4. The van der Waals surface area contributed by atoms with Crippen molar-refractivity contribution in [1.29, 1.82) is 0 Å². The van der Waals surface area contributed by atoms with Gasteiger partial charge in [-0.05, 0) is 24.7 Å². The molecular weight excluding hydrogens is 604 g/mol. The van der Waals surface area contributed by atoms with Crippen molar-refractivity contribution in [1.82, 2.24) is 4.31 Å². The molecule has 232 valence electrons. The third-order valence-corrected chi connectivity index (χ3v) is 8.19. The summed E-state index contributed by atoms with van der Waals surface area (Å²) in [4.78, 5) is 45.4. The van der Waals surface area contributed by atoms with E-state index < -0.39 is 55.8 Å². The fourth-order valence-electron chi connectivity index (χ4n) is 3.63. The second-order valence-corrected chi connectivity index (χ2v) is 12.2. The molecule has 0 bridgehead atoms. The van der Waals surface area contributed by atoms with E-state index in [4.69, 9.17) is 14.0 Å². The number of hydrogen-bond acceptors (Lipinski definition) is 10. The van der Waals surface area contributed by atoms with Gasteiger partial charge in [0.25, 0.3) is 10.1 Å².